The Bertz CT molecular complexity index is 1020. The molecule has 0 bridgehead atoms. The summed E-state index contributed by atoms with van der Waals surface area (Å²) in [5.41, 5.74) is 0.0650. The van der Waals surface area contributed by atoms with Crippen molar-refractivity contribution in [2.75, 3.05) is 19.0 Å². The Hall–Kier alpha value is -2.89. The second kappa shape index (κ2) is 7.11. The smallest absolute Gasteiger partial charge is 0.274 e. The fourth-order valence-corrected chi connectivity index (χ4v) is 5.78. The summed E-state index contributed by atoms with van der Waals surface area (Å²) in [4.78, 5) is 16.2. The number of carbonyl (C=O) groups excluding carboxylic acids is 1. The van der Waals surface area contributed by atoms with E-state index in [0.29, 0.717) is 23.4 Å². The van der Waals surface area contributed by atoms with E-state index >= 15 is 0 Å². The third kappa shape index (κ3) is 3.24. The first-order valence-electron chi connectivity index (χ1n) is 9.21. The zero-order valence-corrected chi connectivity index (χ0v) is 17.2. The van der Waals surface area contributed by atoms with Crippen molar-refractivity contribution in [3.05, 3.63) is 53.6 Å². The summed E-state index contributed by atoms with van der Waals surface area (Å²) in [5.74, 6) is -0.647. The van der Waals surface area contributed by atoms with Crippen molar-refractivity contribution in [1.82, 2.24) is 14.6 Å². The van der Waals surface area contributed by atoms with Crippen molar-refractivity contribution in [3.8, 4) is 5.75 Å². The maximum Gasteiger partial charge on any atom is 0.274 e. The third-order valence-corrected chi connectivity index (χ3v) is 7.98. The monoisotopic (exact) mass is 435 g/mol. The lowest BCUT2D eigenvalue weighted by Crippen LogP contribution is -2.63. The van der Waals surface area contributed by atoms with Crippen molar-refractivity contribution < 1.29 is 23.0 Å². The van der Waals surface area contributed by atoms with Gasteiger partial charge in [0.05, 0.1) is 23.6 Å². The minimum atomic E-state index is -3.29. The predicted molar refractivity (Wildman–Crippen MR) is 111 cm³/mol. The first-order chi connectivity index (χ1) is 14.1. The number of benzene rings is 1. The number of guanidine groups is 1. The Labute approximate surface area is 174 Å². The van der Waals surface area contributed by atoms with E-state index in [0.717, 1.165) is 16.6 Å². The molecule has 0 unspecified atom stereocenters. The van der Waals surface area contributed by atoms with E-state index in [2.05, 4.69) is 15.6 Å². The summed E-state index contributed by atoms with van der Waals surface area (Å²) in [6, 6.07) is 7.45. The van der Waals surface area contributed by atoms with Crippen LogP contribution in [0.1, 0.15) is 29.4 Å². The Balaban J connectivity index is 1.71. The Morgan fingerprint density at radius 1 is 1.43 bits per heavy atom. The maximum atomic E-state index is 13.1. The number of anilines is 1. The van der Waals surface area contributed by atoms with Crippen LogP contribution in [0.3, 0.4) is 0 Å². The molecular weight excluding hydrogens is 413 g/mol. The molecule has 1 saturated heterocycles. The Morgan fingerprint density at radius 2 is 2.20 bits per heavy atom. The summed E-state index contributed by atoms with van der Waals surface area (Å²) in [7, 11) is -1.82. The lowest BCUT2D eigenvalue weighted by Gasteiger charge is -2.57. The summed E-state index contributed by atoms with van der Waals surface area (Å²) in [6.07, 6.45) is 1.32. The zero-order valence-electron chi connectivity index (χ0n) is 16.3. The number of hydrogen-bond donors (Lipinski definition) is 5. The number of pyridine rings is 1. The van der Waals surface area contributed by atoms with E-state index in [1.807, 2.05) is 0 Å². The van der Waals surface area contributed by atoms with Gasteiger partial charge in [-0.15, -0.1) is 10.8 Å². The summed E-state index contributed by atoms with van der Waals surface area (Å²) in [6.45, 7) is 2.06. The molecule has 0 radical (unpaired) electrons. The normalized spacial score (nSPS) is 25.7. The van der Waals surface area contributed by atoms with Crippen molar-refractivity contribution in [3.63, 3.8) is 0 Å². The minimum absolute atomic E-state index is 0.0556. The molecule has 2 aliphatic heterocycles. The standard InChI is InChI=1S/C19H22FN5O4S/c1-19-13-9-12(23-17(26)14-5-3-11(20)10-22-14)4-6-15(13)29-8-7-16(19)30(27,28)25(2)18(21)24-19/h3-6,9-10,16,27-28H,7-8H2,1-2H3,(H2,21,24)(H,23,26)/t16-,19+/m0/s1. The molecule has 4 rings (SSSR count). The molecule has 2 aliphatic rings. The molecule has 2 aromatic rings. The minimum Gasteiger partial charge on any atom is -0.493 e. The highest BCUT2D eigenvalue weighted by Crippen LogP contribution is 2.59. The molecule has 0 saturated carbocycles. The van der Waals surface area contributed by atoms with E-state index in [1.165, 1.54) is 13.1 Å². The largest absolute Gasteiger partial charge is 0.493 e. The van der Waals surface area contributed by atoms with E-state index in [1.54, 1.807) is 25.1 Å². The lowest BCUT2D eigenvalue weighted by atomic mass is 9.86. The van der Waals surface area contributed by atoms with Crippen LogP contribution in [0.25, 0.3) is 0 Å². The summed E-state index contributed by atoms with van der Waals surface area (Å²) in [5, 5.41) is 13.3. The summed E-state index contributed by atoms with van der Waals surface area (Å²) >= 11 is 0. The number of carbonyl (C=O) groups is 1. The molecule has 1 amide bonds. The van der Waals surface area contributed by atoms with Crippen LogP contribution in [0.5, 0.6) is 5.75 Å². The Kier molecular flexibility index (Phi) is 4.83. The van der Waals surface area contributed by atoms with Crippen LogP contribution in [0.15, 0.2) is 36.5 Å². The number of amides is 1. The van der Waals surface area contributed by atoms with Crippen molar-refractivity contribution >= 4 is 28.3 Å². The second-order valence-corrected chi connectivity index (χ2v) is 9.63. The van der Waals surface area contributed by atoms with Crippen LogP contribution in [0.2, 0.25) is 0 Å². The van der Waals surface area contributed by atoms with Crippen molar-refractivity contribution in [2.24, 2.45) is 0 Å². The quantitative estimate of drug-likeness (QED) is 0.490. The van der Waals surface area contributed by atoms with Crippen LogP contribution < -0.4 is 15.4 Å². The number of halogens is 1. The molecule has 1 fully saturated rings. The van der Waals surface area contributed by atoms with Gasteiger partial charge in [0.25, 0.3) is 5.91 Å². The number of aromatic nitrogens is 1. The molecular formula is C19H22FN5O4S. The number of rotatable bonds is 2. The number of ether oxygens (including phenoxy) is 1. The van der Waals surface area contributed by atoms with Crippen molar-refractivity contribution in [2.45, 2.75) is 24.1 Å². The van der Waals surface area contributed by atoms with Crippen LogP contribution in [0.4, 0.5) is 10.1 Å². The van der Waals surface area contributed by atoms with Crippen LogP contribution in [-0.2, 0) is 5.54 Å². The Morgan fingerprint density at radius 3 is 2.90 bits per heavy atom. The van der Waals surface area contributed by atoms with E-state index in [-0.39, 0.29) is 18.3 Å². The number of nitrogens with zero attached hydrogens (tertiary/aromatic N) is 2. The van der Waals surface area contributed by atoms with Gasteiger partial charge in [0.15, 0.2) is 0 Å². The van der Waals surface area contributed by atoms with Gasteiger partial charge >= 0.3 is 0 Å². The van der Waals surface area contributed by atoms with Gasteiger partial charge in [0.2, 0.25) is 5.96 Å². The van der Waals surface area contributed by atoms with Gasteiger partial charge in [-0.1, -0.05) is 0 Å². The fourth-order valence-electron chi connectivity index (χ4n) is 3.85. The molecule has 0 spiro atoms. The van der Waals surface area contributed by atoms with Crippen molar-refractivity contribution in [1.29, 1.82) is 5.41 Å². The van der Waals surface area contributed by atoms with Crippen LogP contribution in [0, 0.1) is 11.2 Å². The van der Waals surface area contributed by atoms with Gasteiger partial charge in [-0.3, -0.25) is 19.3 Å². The molecule has 11 heteroatoms. The first kappa shape index (κ1) is 20.4. The molecule has 1 aromatic heterocycles. The molecule has 160 valence electrons. The SMILES string of the molecule is CN1C(=N)N[C@]2(C)c3cc(NC(=O)c4ccc(F)cn4)ccc3OCC[C@@H]2S1(O)O. The fraction of sp³-hybridized carbons (Fsp3) is 0.316. The van der Waals surface area contributed by atoms with Gasteiger partial charge in [-0.2, -0.15) is 0 Å². The topological polar surface area (TPSA) is 131 Å². The highest BCUT2D eigenvalue weighted by atomic mass is 32.3. The summed E-state index contributed by atoms with van der Waals surface area (Å²) < 4.78 is 41.7. The average molecular weight is 435 g/mol. The highest BCUT2D eigenvalue weighted by molar-refractivity contribution is 8.23. The molecule has 9 nitrogen and oxygen atoms in total. The number of nitrogens with one attached hydrogen (secondary N) is 3. The molecule has 30 heavy (non-hydrogen) atoms. The van der Waals surface area contributed by atoms with E-state index in [9.17, 15) is 18.3 Å². The second-order valence-electron chi connectivity index (χ2n) is 7.39. The number of fused-ring (bicyclic) bond motifs is 3. The van der Waals surface area contributed by atoms with Crippen LogP contribution in [-0.4, -0.2) is 49.2 Å². The van der Waals surface area contributed by atoms with Gasteiger partial charge in [-0.25, -0.2) is 13.7 Å². The van der Waals surface area contributed by atoms with E-state index in [4.69, 9.17) is 10.1 Å². The molecule has 0 aliphatic carbocycles. The predicted octanol–water partition coefficient (Wildman–Crippen LogP) is 2.97. The molecule has 2 atom stereocenters. The zero-order chi connectivity index (χ0) is 21.7. The maximum absolute atomic E-state index is 13.1. The number of hydrogen-bond acceptors (Lipinski definition) is 6. The van der Waals surface area contributed by atoms with Crippen LogP contribution >= 0.6 is 10.8 Å². The van der Waals surface area contributed by atoms with Gasteiger partial charge in [0, 0.05) is 24.7 Å². The average Bonchev–Trinajstić information content (AvgIpc) is 2.84. The van der Waals surface area contributed by atoms with E-state index < -0.39 is 33.3 Å². The highest BCUT2D eigenvalue weighted by Gasteiger charge is 2.53. The molecule has 1 aromatic carbocycles. The third-order valence-electron chi connectivity index (χ3n) is 5.52. The van der Waals surface area contributed by atoms with Gasteiger partial charge in [0.1, 0.15) is 17.3 Å². The lowest BCUT2D eigenvalue weighted by molar-refractivity contribution is 0.102. The first-order valence-corrected chi connectivity index (χ1v) is 10.8. The molecule has 5 N–H and O–H groups in total. The van der Waals surface area contributed by atoms with Gasteiger partial charge < -0.3 is 15.4 Å². The molecule has 3 heterocycles. The van der Waals surface area contributed by atoms with Gasteiger partial charge in [-0.05, 0) is 37.3 Å².